The number of rotatable bonds is 4. The van der Waals surface area contributed by atoms with E-state index in [4.69, 9.17) is 16.3 Å². The summed E-state index contributed by atoms with van der Waals surface area (Å²) in [5.74, 6) is 0.861. The van der Waals surface area contributed by atoms with Gasteiger partial charge in [-0.25, -0.2) is 4.98 Å². The van der Waals surface area contributed by atoms with E-state index in [0.29, 0.717) is 6.10 Å². The minimum atomic E-state index is 0.282. The smallest absolute Gasteiger partial charge is 0.224 e. The first kappa shape index (κ1) is 14.0. The van der Waals surface area contributed by atoms with E-state index in [-0.39, 0.29) is 5.28 Å². The fourth-order valence-electron chi connectivity index (χ4n) is 2.11. The van der Waals surface area contributed by atoms with Crippen molar-refractivity contribution in [2.75, 3.05) is 24.6 Å². The molecule has 4 nitrogen and oxygen atoms in total. The predicted octanol–water partition coefficient (Wildman–Crippen LogP) is 3.29. The van der Waals surface area contributed by atoms with Crippen LogP contribution in [-0.4, -0.2) is 35.8 Å². The van der Waals surface area contributed by atoms with Crippen LogP contribution in [0.4, 0.5) is 5.82 Å². The van der Waals surface area contributed by atoms with Crippen molar-refractivity contribution in [2.24, 2.45) is 0 Å². The minimum Gasteiger partial charge on any atom is -0.376 e. The monoisotopic (exact) mass is 333 g/mol. The van der Waals surface area contributed by atoms with Gasteiger partial charge in [-0.3, -0.25) is 0 Å². The molecular formula is C12H17BrClN3O. The van der Waals surface area contributed by atoms with Crippen LogP contribution in [0, 0.1) is 0 Å². The molecule has 18 heavy (non-hydrogen) atoms. The van der Waals surface area contributed by atoms with Crippen LogP contribution >= 0.6 is 27.5 Å². The Bertz CT molecular complexity index is 405. The van der Waals surface area contributed by atoms with E-state index in [1.54, 1.807) is 6.20 Å². The van der Waals surface area contributed by atoms with Crippen molar-refractivity contribution in [1.82, 2.24) is 9.97 Å². The van der Waals surface area contributed by atoms with E-state index in [2.05, 4.69) is 37.7 Å². The van der Waals surface area contributed by atoms with Crippen LogP contribution in [0.15, 0.2) is 10.7 Å². The minimum absolute atomic E-state index is 0.282. The molecule has 0 spiro atoms. The summed E-state index contributed by atoms with van der Waals surface area (Å²) in [6.07, 6.45) is 5.27. The highest BCUT2D eigenvalue weighted by Gasteiger charge is 2.23. The van der Waals surface area contributed by atoms with Crippen molar-refractivity contribution in [3.05, 3.63) is 16.0 Å². The number of hydrogen-bond acceptors (Lipinski definition) is 4. The van der Waals surface area contributed by atoms with Crippen LogP contribution in [0.25, 0.3) is 0 Å². The largest absolute Gasteiger partial charge is 0.376 e. The van der Waals surface area contributed by atoms with E-state index in [9.17, 15) is 0 Å². The third-order valence-corrected chi connectivity index (χ3v) is 3.67. The molecule has 0 N–H and O–H groups in total. The number of anilines is 1. The number of piperidine rings is 1. The fourth-order valence-corrected chi connectivity index (χ4v) is 2.68. The topological polar surface area (TPSA) is 38.2 Å². The highest BCUT2D eigenvalue weighted by molar-refractivity contribution is 9.10. The summed E-state index contributed by atoms with van der Waals surface area (Å²) >= 11 is 9.33. The van der Waals surface area contributed by atoms with Gasteiger partial charge in [-0.15, -0.1) is 0 Å². The first-order valence-electron chi connectivity index (χ1n) is 6.25. The van der Waals surface area contributed by atoms with Gasteiger partial charge in [-0.05, 0) is 46.8 Å². The summed E-state index contributed by atoms with van der Waals surface area (Å²) in [5.41, 5.74) is 0. The Labute approximate surface area is 121 Å². The molecule has 1 unspecified atom stereocenters. The van der Waals surface area contributed by atoms with Gasteiger partial charge in [-0.2, -0.15) is 4.98 Å². The Morgan fingerprint density at radius 2 is 2.44 bits per heavy atom. The average Bonchev–Trinajstić information content (AvgIpc) is 2.39. The number of aromatic nitrogens is 2. The van der Waals surface area contributed by atoms with Crippen LogP contribution in [0.1, 0.15) is 26.2 Å². The summed E-state index contributed by atoms with van der Waals surface area (Å²) in [6.45, 7) is 4.80. The molecule has 1 aromatic rings. The van der Waals surface area contributed by atoms with Crippen LogP contribution < -0.4 is 4.90 Å². The Hall–Kier alpha value is -0.390. The third-order valence-electron chi connectivity index (χ3n) is 2.93. The molecule has 0 amide bonds. The predicted molar refractivity (Wildman–Crippen MR) is 76.2 cm³/mol. The van der Waals surface area contributed by atoms with Gasteiger partial charge in [-0.1, -0.05) is 6.92 Å². The lowest BCUT2D eigenvalue weighted by atomic mass is 10.1. The van der Waals surface area contributed by atoms with Gasteiger partial charge < -0.3 is 9.64 Å². The van der Waals surface area contributed by atoms with Gasteiger partial charge in [0.15, 0.2) is 0 Å². The van der Waals surface area contributed by atoms with Crippen molar-refractivity contribution in [2.45, 2.75) is 32.3 Å². The van der Waals surface area contributed by atoms with Gasteiger partial charge in [0.05, 0.1) is 10.6 Å². The summed E-state index contributed by atoms with van der Waals surface area (Å²) in [4.78, 5) is 10.5. The molecule has 0 aromatic carbocycles. The van der Waals surface area contributed by atoms with Crippen LogP contribution in [0.2, 0.25) is 5.28 Å². The van der Waals surface area contributed by atoms with Crippen LogP contribution in [0.3, 0.4) is 0 Å². The molecular weight excluding hydrogens is 318 g/mol. The van der Waals surface area contributed by atoms with E-state index >= 15 is 0 Å². The zero-order valence-corrected chi connectivity index (χ0v) is 12.7. The molecule has 0 bridgehead atoms. The lowest BCUT2D eigenvalue weighted by molar-refractivity contribution is 0.0439. The Morgan fingerprint density at radius 1 is 1.61 bits per heavy atom. The molecule has 0 aliphatic carbocycles. The molecule has 1 aliphatic rings. The maximum Gasteiger partial charge on any atom is 0.224 e. The van der Waals surface area contributed by atoms with Crippen molar-refractivity contribution >= 4 is 33.3 Å². The summed E-state index contributed by atoms with van der Waals surface area (Å²) < 4.78 is 6.70. The Balaban J connectivity index is 2.05. The van der Waals surface area contributed by atoms with E-state index in [1.165, 1.54) is 0 Å². The highest BCUT2D eigenvalue weighted by Crippen LogP contribution is 2.27. The van der Waals surface area contributed by atoms with Gasteiger partial charge in [0.2, 0.25) is 5.28 Å². The summed E-state index contributed by atoms with van der Waals surface area (Å²) in [6, 6.07) is 0. The SMILES string of the molecule is CCCOC1CCCN(c2nc(Cl)ncc2Br)C1. The summed E-state index contributed by atoms with van der Waals surface area (Å²) in [7, 11) is 0. The third kappa shape index (κ3) is 3.56. The molecule has 6 heteroatoms. The molecule has 2 heterocycles. The standard InChI is InChI=1S/C12H17BrClN3O/c1-2-6-18-9-4-3-5-17(8-9)11-10(13)7-15-12(14)16-11/h7,9H,2-6,8H2,1H3. The van der Waals surface area contributed by atoms with E-state index in [0.717, 1.165) is 49.2 Å². The van der Waals surface area contributed by atoms with E-state index in [1.807, 2.05) is 0 Å². The zero-order chi connectivity index (χ0) is 13.0. The second kappa shape index (κ2) is 6.68. The highest BCUT2D eigenvalue weighted by atomic mass is 79.9. The number of nitrogens with zero attached hydrogens (tertiary/aromatic N) is 3. The van der Waals surface area contributed by atoms with Crippen molar-refractivity contribution in [3.63, 3.8) is 0 Å². The first-order chi connectivity index (χ1) is 8.70. The first-order valence-corrected chi connectivity index (χ1v) is 7.42. The number of hydrogen-bond donors (Lipinski definition) is 0. The Morgan fingerprint density at radius 3 is 3.22 bits per heavy atom. The van der Waals surface area contributed by atoms with Crippen molar-refractivity contribution in [3.8, 4) is 0 Å². The molecule has 0 saturated carbocycles. The van der Waals surface area contributed by atoms with Gasteiger partial charge in [0.25, 0.3) is 0 Å². The lowest BCUT2D eigenvalue weighted by Gasteiger charge is -2.33. The molecule has 0 radical (unpaired) electrons. The molecule has 100 valence electrons. The van der Waals surface area contributed by atoms with Crippen LogP contribution in [-0.2, 0) is 4.74 Å². The van der Waals surface area contributed by atoms with Gasteiger partial charge in [0, 0.05) is 25.9 Å². The number of halogens is 2. The maximum absolute atomic E-state index is 5.86. The van der Waals surface area contributed by atoms with Gasteiger partial charge in [0.1, 0.15) is 5.82 Å². The second-order valence-electron chi connectivity index (χ2n) is 4.39. The van der Waals surface area contributed by atoms with E-state index < -0.39 is 0 Å². The molecule has 1 fully saturated rings. The molecule has 2 rings (SSSR count). The molecule has 1 atom stereocenters. The average molecular weight is 335 g/mol. The van der Waals surface area contributed by atoms with Crippen molar-refractivity contribution in [1.29, 1.82) is 0 Å². The molecule has 1 aliphatic heterocycles. The lowest BCUT2D eigenvalue weighted by Crippen LogP contribution is -2.40. The zero-order valence-electron chi connectivity index (χ0n) is 10.4. The second-order valence-corrected chi connectivity index (χ2v) is 5.58. The molecule has 1 aromatic heterocycles. The quantitative estimate of drug-likeness (QED) is 0.792. The molecule has 1 saturated heterocycles. The normalized spacial score (nSPS) is 20.2. The number of ether oxygens (including phenoxy) is 1. The maximum atomic E-state index is 5.86. The fraction of sp³-hybridized carbons (Fsp3) is 0.667. The summed E-state index contributed by atoms with van der Waals surface area (Å²) in [5, 5.41) is 0.282. The van der Waals surface area contributed by atoms with Crippen LogP contribution in [0.5, 0.6) is 0 Å². The van der Waals surface area contributed by atoms with Crippen molar-refractivity contribution < 1.29 is 4.74 Å². The van der Waals surface area contributed by atoms with Gasteiger partial charge >= 0.3 is 0 Å². The Kier molecular flexibility index (Phi) is 5.21.